The van der Waals surface area contributed by atoms with E-state index in [1.807, 2.05) is 6.92 Å². The van der Waals surface area contributed by atoms with Crippen molar-refractivity contribution in [1.82, 2.24) is 0 Å². The van der Waals surface area contributed by atoms with Gasteiger partial charge in [-0.1, -0.05) is 0 Å². The zero-order valence-electron chi connectivity index (χ0n) is 5.15. The van der Waals surface area contributed by atoms with Crippen molar-refractivity contribution in [3.05, 3.63) is 6.20 Å². The van der Waals surface area contributed by atoms with Crippen molar-refractivity contribution in [2.75, 3.05) is 0 Å². The van der Waals surface area contributed by atoms with E-state index in [1.165, 1.54) is 6.20 Å². The van der Waals surface area contributed by atoms with Gasteiger partial charge in [-0.05, 0) is 6.92 Å². The predicted octanol–water partition coefficient (Wildman–Crippen LogP) is 0.671. The number of hydrogen-bond acceptors (Lipinski definition) is 3. The van der Waals surface area contributed by atoms with E-state index in [0.717, 1.165) is 0 Å². The molecule has 1 aliphatic heterocycles. The molecule has 0 bridgehead atoms. The molecule has 46 valence electrons. The number of nitrogens with zero attached hydrogens (tertiary/aromatic N) is 3. The van der Waals surface area contributed by atoms with E-state index in [1.54, 1.807) is 12.4 Å². The van der Waals surface area contributed by atoms with Gasteiger partial charge >= 0.3 is 0 Å². The van der Waals surface area contributed by atoms with Gasteiger partial charge in [0, 0.05) is 18.3 Å². The normalized spacial score (nSPS) is 31.0. The SMILES string of the molecule is C[C@H]1N=C=C/N=C\C=N/1. The Balaban J connectivity index is 2.77. The van der Waals surface area contributed by atoms with E-state index in [9.17, 15) is 0 Å². The van der Waals surface area contributed by atoms with Crippen molar-refractivity contribution >= 4 is 18.3 Å². The van der Waals surface area contributed by atoms with Crippen molar-refractivity contribution in [1.29, 1.82) is 0 Å². The summed E-state index contributed by atoms with van der Waals surface area (Å²) in [6, 6.07) is 0. The molecule has 0 aromatic heterocycles. The van der Waals surface area contributed by atoms with E-state index in [2.05, 4.69) is 20.8 Å². The fourth-order valence-corrected chi connectivity index (χ4v) is 0.452. The minimum Gasteiger partial charge on any atom is -0.264 e. The molecule has 1 atom stereocenters. The smallest absolute Gasteiger partial charge is 0.146 e. The first-order chi connectivity index (χ1) is 4.39. The molecular weight excluding hydrogens is 114 g/mol. The monoisotopic (exact) mass is 121 g/mol. The van der Waals surface area contributed by atoms with Gasteiger partial charge in [-0.25, -0.2) is 4.99 Å². The van der Waals surface area contributed by atoms with Crippen LogP contribution in [0.2, 0.25) is 0 Å². The van der Waals surface area contributed by atoms with Gasteiger partial charge in [0.25, 0.3) is 0 Å². The number of rotatable bonds is 0. The molecule has 0 saturated carbocycles. The lowest BCUT2D eigenvalue weighted by atomic mass is 10.6. The Hall–Kier alpha value is -1.21. The van der Waals surface area contributed by atoms with Crippen LogP contribution in [0, 0.1) is 0 Å². The van der Waals surface area contributed by atoms with Crippen molar-refractivity contribution in [3.63, 3.8) is 0 Å². The third-order valence-corrected chi connectivity index (χ3v) is 0.848. The van der Waals surface area contributed by atoms with Gasteiger partial charge in [0.2, 0.25) is 0 Å². The number of aliphatic imine (C=N–C) groups is 3. The molecule has 1 heterocycles. The Morgan fingerprint density at radius 3 is 3.22 bits per heavy atom. The fourth-order valence-electron chi connectivity index (χ4n) is 0.452. The van der Waals surface area contributed by atoms with Crippen LogP contribution < -0.4 is 0 Å². The Labute approximate surface area is 53.6 Å². The van der Waals surface area contributed by atoms with Gasteiger partial charge in [0.1, 0.15) is 6.17 Å². The Kier molecular flexibility index (Phi) is 1.94. The van der Waals surface area contributed by atoms with Crippen LogP contribution in [-0.4, -0.2) is 24.5 Å². The maximum absolute atomic E-state index is 3.96. The molecule has 0 spiro atoms. The summed E-state index contributed by atoms with van der Waals surface area (Å²) in [4.78, 5) is 11.6. The van der Waals surface area contributed by atoms with Crippen molar-refractivity contribution < 1.29 is 0 Å². The molecule has 0 aromatic carbocycles. The Bertz CT molecular complexity index is 196. The summed E-state index contributed by atoms with van der Waals surface area (Å²) in [6.07, 6.45) is 4.73. The highest BCUT2D eigenvalue weighted by molar-refractivity contribution is 6.16. The third-order valence-electron chi connectivity index (χ3n) is 0.848. The minimum atomic E-state index is -0.0204. The average Bonchev–Trinajstić information content (AvgIpc) is 1.79. The van der Waals surface area contributed by atoms with Crippen LogP contribution in [0.15, 0.2) is 21.2 Å². The Morgan fingerprint density at radius 1 is 1.44 bits per heavy atom. The van der Waals surface area contributed by atoms with E-state index in [4.69, 9.17) is 0 Å². The highest BCUT2D eigenvalue weighted by atomic mass is 15.0. The fraction of sp³-hybridized carbons (Fsp3) is 0.333. The maximum Gasteiger partial charge on any atom is 0.146 e. The highest BCUT2D eigenvalue weighted by Gasteiger charge is 1.87. The maximum atomic E-state index is 3.96. The van der Waals surface area contributed by atoms with E-state index in [0.29, 0.717) is 0 Å². The molecular formula is C6H7N3. The molecule has 0 fully saturated rings. The highest BCUT2D eigenvalue weighted by Crippen LogP contribution is 1.87. The van der Waals surface area contributed by atoms with Gasteiger partial charge in [-0.2, -0.15) is 0 Å². The van der Waals surface area contributed by atoms with Gasteiger partial charge < -0.3 is 0 Å². The summed E-state index contributed by atoms with van der Waals surface area (Å²) >= 11 is 0. The minimum absolute atomic E-state index is 0.0204. The van der Waals surface area contributed by atoms with Crippen LogP contribution >= 0.6 is 0 Å². The summed E-state index contributed by atoms with van der Waals surface area (Å²) in [7, 11) is 0. The van der Waals surface area contributed by atoms with Gasteiger partial charge in [-0.15, -0.1) is 0 Å². The quantitative estimate of drug-likeness (QED) is 0.451. The first-order valence-electron chi connectivity index (χ1n) is 2.71. The lowest BCUT2D eigenvalue weighted by molar-refractivity contribution is 0.806. The van der Waals surface area contributed by atoms with Gasteiger partial charge in [-0.3, -0.25) is 9.98 Å². The van der Waals surface area contributed by atoms with Crippen molar-refractivity contribution in [3.8, 4) is 0 Å². The molecule has 3 nitrogen and oxygen atoms in total. The molecule has 3 heteroatoms. The third kappa shape index (κ3) is 2.02. The van der Waals surface area contributed by atoms with Crippen LogP contribution in [-0.2, 0) is 0 Å². The van der Waals surface area contributed by atoms with Crippen LogP contribution in [0.5, 0.6) is 0 Å². The van der Waals surface area contributed by atoms with E-state index >= 15 is 0 Å². The Morgan fingerprint density at radius 2 is 2.33 bits per heavy atom. The van der Waals surface area contributed by atoms with Crippen molar-refractivity contribution in [2.24, 2.45) is 15.0 Å². The zero-order valence-corrected chi connectivity index (χ0v) is 5.15. The second-order valence-electron chi connectivity index (χ2n) is 1.62. The zero-order chi connectivity index (χ0) is 6.53. The van der Waals surface area contributed by atoms with E-state index < -0.39 is 0 Å². The summed E-state index contributed by atoms with van der Waals surface area (Å²) < 4.78 is 0. The second-order valence-corrected chi connectivity index (χ2v) is 1.62. The largest absolute Gasteiger partial charge is 0.264 e. The molecule has 1 aliphatic rings. The van der Waals surface area contributed by atoms with Crippen molar-refractivity contribution in [2.45, 2.75) is 13.1 Å². The molecule has 1 rings (SSSR count). The van der Waals surface area contributed by atoms with Crippen LogP contribution in [0.3, 0.4) is 0 Å². The molecule has 0 unspecified atom stereocenters. The van der Waals surface area contributed by atoms with Crippen LogP contribution in [0.4, 0.5) is 0 Å². The first kappa shape index (κ1) is 5.92. The summed E-state index contributed by atoms with van der Waals surface area (Å²) in [5.74, 6) is 2.63. The van der Waals surface area contributed by atoms with E-state index in [-0.39, 0.29) is 6.17 Å². The average molecular weight is 121 g/mol. The second kappa shape index (κ2) is 2.95. The predicted molar refractivity (Wildman–Crippen MR) is 38.5 cm³/mol. The summed E-state index contributed by atoms with van der Waals surface area (Å²) in [6.45, 7) is 1.89. The van der Waals surface area contributed by atoms with Crippen LogP contribution in [0.1, 0.15) is 6.92 Å². The topological polar surface area (TPSA) is 37.1 Å². The molecule has 0 N–H and O–H groups in total. The first-order valence-corrected chi connectivity index (χ1v) is 2.71. The molecule has 0 aliphatic carbocycles. The summed E-state index contributed by atoms with van der Waals surface area (Å²) in [5, 5.41) is 0. The summed E-state index contributed by atoms with van der Waals surface area (Å²) in [5.41, 5.74) is 0. The van der Waals surface area contributed by atoms with Gasteiger partial charge in [0.05, 0.1) is 6.20 Å². The van der Waals surface area contributed by atoms with Crippen LogP contribution in [0.25, 0.3) is 0 Å². The number of hydrogen-bond donors (Lipinski definition) is 0. The molecule has 9 heavy (non-hydrogen) atoms. The standard InChI is InChI=1S/C6H7N3/c1-6-8-4-2-7-3-5-9-6/h2-4,6H,1H3/b7-2-,8-4-/t6-/m1/s1. The molecule has 0 aromatic rings. The molecule has 0 amide bonds. The lowest BCUT2D eigenvalue weighted by Crippen LogP contribution is -1.93. The van der Waals surface area contributed by atoms with Gasteiger partial charge in [0.15, 0.2) is 0 Å². The molecule has 0 radical (unpaired) electrons. The molecule has 0 saturated heterocycles. The lowest BCUT2D eigenvalue weighted by Gasteiger charge is -1.92.